The highest BCUT2D eigenvalue weighted by molar-refractivity contribution is 5.06. The SMILES string of the molecule is Cc1ccc(CN2CCC3(CC2)OCCC3CCOCC2CC2)o1. The fourth-order valence-corrected chi connectivity index (χ4v) is 4.39. The summed E-state index contributed by atoms with van der Waals surface area (Å²) in [7, 11) is 0. The summed E-state index contributed by atoms with van der Waals surface area (Å²) < 4.78 is 17.9. The second-order valence-electron chi connectivity index (χ2n) is 7.99. The highest BCUT2D eigenvalue weighted by Gasteiger charge is 2.45. The maximum Gasteiger partial charge on any atom is 0.118 e. The van der Waals surface area contributed by atoms with Crippen LogP contribution in [-0.2, 0) is 16.0 Å². The molecule has 1 aromatic heterocycles. The van der Waals surface area contributed by atoms with Gasteiger partial charge in [0.2, 0.25) is 0 Å². The average molecular weight is 333 g/mol. The van der Waals surface area contributed by atoms with Crippen LogP contribution in [0.15, 0.2) is 16.5 Å². The lowest BCUT2D eigenvalue weighted by Crippen LogP contribution is -2.47. The van der Waals surface area contributed by atoms with Crippen molar-refractivity contribution in [3.8, 4) is 0 Å². The third-order valence-corrected chi connectivity index (χ3v) is 6.14. The monoisotopic (exact) mass is 333 g/mol. The van der Waals surface area contributed by atoms with Crippen LogP contribution in [0.5, 0.6) is 0 Å². The molecule has 1 aromatic rings. The summed E-state index contributed by atoms with van der Waals surface area (Å²) in [4.78, 5) is 2.51. The van der Waals surface area contributed by atoms with Crippen molar-refractivity contribution in [2.45, 2.75) is 57.6 Å². The zero-order valence-corrected chi connectivity index (χ0v) is 15.0. The van der Waals surface area contributed by atoms with Crippen LogP contribution in [0.3, 0.4) is 0 Å². The molecule has 2 saturated heterocycles. The summed E-state index contributed by atoms with van der Waals surface area (Å²) in [6, 6.07) is 4.16. The minimum absolute atomic E-state index is 0.124. The number of hydrogen-bond acceptors (Lipinski definition) is 4. The predicted molar refractivity (Wildman–Crippen MR) is 92.9 cm³/mol. The predicted octanol–water partition coefficient (Wildman–Crippen LogP) is 3.78. The molecule has 4 rings (SSSR count). The lowest BCUT2D eigenvalue weighted by molar-refractivity contribution is -0.0738. The first-order valence-electron chi connectivity index (χ1n) is 9.73. The highest BCUT2D eigenvalue weighted by atomic mass is 16.5. The van der Waals surface area contributed by atoms with E-state index >= 15 is 0 Å². The molecule has 3 fully saturated rings. The van der Waals surface area contributed by atoms with Gasteiger partial charge in [0.1, 0.15) is 11.5 Å². The fraction of sp³-hybridized carbons (Fsp3) is 0.800. The van der Waals surface area contributed by atoms with Crippen molar-refractivity contribution in [1.29, 1.82) is 0 Å². The molecule has 0 amide bonds. The van der Waals surface area contributed by atoms with E-state index in [9.17, 15) is 0 Å². The number of nitrogens with zero attached hydrogens (tertiary/aromatic N) is 1. The zero-order chi connectivity index (χ0) is 16.4. The summed E-state index contributed by atoms with van der Waals surface area (Å²) in [5.74, 6) is 3.64. The molecule has 1 spiro atoms. The molecule has 1 saturated carbocycles. The molecular weight excluding hydrogens is 302 g/mol. The van der Waals surface area contributed by atoms with Crippen LogP contribution in [0.25, 0.3) is 0 Å². The van der Waals surface area contributed by atoms with Gasteiger partial charge in [-0.2, -0.15) is 0 Å². The molecule has 3 aliphatic rings. The Morgan fingerprint density at radius 3 is 2.75 bits per heavy atom. The Labute approximate surface area is 145 Å². The van der Waals surface area contributed by atoms with Gasteiger partial charge in [0.05, 0.1) is 12.1 Å². The normalized spacial score (nSPS) is 27.1. The van der Waals surface area contributed by atoms with Crippen molar-refractivity contribution in [3.63, 3.8) is 0 Å². The van der Waals surface area contributed by atoms with Crippen LogP contribution in [-0.4, -0.2) is 43.4 Å². The zero-order valence-electron chi connectivity index (χ0n) is 15.0. The summed E-state index contributed by atoms with van der Waals surface area (Å²) in [6.07, 6.45) is 7.44. The summed E-state index contributed by atoms with van der Waals surface area (Å²) in [5, 5.41) is 0. The number of hydrogen-bond donors (Lipinski definition) is 0. The largest absolute Gasteiger partial charge is 0.465 e. The molecular formula is C20H31NO3. The van der Waals surface area contributed by atoms with Crippen molar-refractivity contribution >= 4 is 0 Å². The van der Waals surface area contributed by atoms with Crippen LogP contribution < -0.4 is 0 Å². The lowest BCUT2D eigenvalue weighted by atomic mass is 9.78. The van der Waals surface area contributed by atoms with E-state index in [0.29, 0.717) is 5.92 Å². The highest BCUT2D eigenvalue weighted by Crippen LogP contribution is 2.42. The van der Waals surface area contributed by atoms with Crippen molar-refractivity contribution in [3.05, 3.63) is 23.7 Å². The van der Waals surface area contributed by atoms with Gasteiger partial charge in [-0.05, 0) is 69.4 Å². The Kier molecular flexibility index (Phi) is 4.98. The molecule has 24 heavy (non-hydrogen) atoms. The Balaban J connectivity index is 1.24. The van der Waals surface area contributed by atoms with E-state index in [1.165, 1.54) is 25.7 Å². The van der Waals surface area contributed by atoms with Gasteiger partial charge in [-0.15, -0.1) is 0 Å². The van der Waals surface area contributed by atoms with Crippen LogP contribution >= 0.6 is 0 Å². The topological polar surface area (TPSA) is 34.8 Å². The minimum atomic E-state index is 0.124. The maximum atomic E-state index is 6.28. The molecule has 3 heterocycles. The van der Waals surface area contributed by atoms with Gasteiger partial charge >= 0.3 is 0 Å². The van der Waals surface area contributed by atoms with Gasteiger partial charge in [-0.3, -0.25) is 4.90 Å². The number of likely N-dealkylation sites (tertiary alicyclic amines) is 1. The molecule has 1 atom stereocenters. The third kappa shape index (κ3) is 3.87. The maximum absolute atomic E-state index is 6.28. The first-order valence-corrected chi connectivity index (χ1v) is 9.73. The van der Waals surface area contributed by atoms with Crippen molar-refractivity contribution in [2.75, 3.05) is 32.9 Å². The molecule has 2 aliphatic heterocycles. The van der Waals surface area contributed by atoms with E-state index < -0.39 is 0 Å². The fourth-order valence-electron chi connectivity index (χ4n) is 4.39. The van der Waals surface area contributed by atoms with Gasteiger partial charge in [0, 0.05) is 32.9 Å². The lowest BCUT2D eigenvalue weighted by Gasteiger charge is -2.42. The molecule has 1 aliphatic carbocycles. The number of aryl methyl sites for hydroxylation is 1. The Hall–Kier alpha value is -0.840. The second-order valence-corrected chi connectivity index (χ2v) is 7.99. The smallest absolute Gasteiger partial charge is 0.118 e. The van der Waals surface area contributed by atoms with E-state index in [0.717, 1.165) is 69.7 Å². The number of furan rings is 1. The number of piperidine rings is 1. The van der Waals surface area contributed by atoms with E-state index in [2.05, 4.69) is 17.0 Å². The van der Waals surface area contributed by atoms with Crippen LogP contribution in [0, 0.1) is 18.8 Å². The van der Waals surface area contributed by atoms with Gasteiger partial charge < -0.3 is 13.9 Å². The first kappa shape index (κ1) is 16.6. The van der Waals surface area contributed by atoms with E-state index in [4.69, 9.17) is 13.9 Å². The van der Waals surface area contributed by atoms with Crippen molar-refractivity contribution in [2.24, 2.45) is 11.8 Å². The Bertz CT molecular complexity index is 529. The molecule has 0 N–H and O–H groups in total. The van der Waals surface area contributed by atoms with Gasteiger partial charge in [0.25, 0.3) is 0 Å². The molecule has 0 aromatic carbocycles. The van der Waals surface area contributed by atoms with E-state index in [1.54, 1.807) is 0 Å². The molecule has 4 heteroatoms. The molecule has 134 valence electrons. The van der Waals surface area contributed by atoms with Crippen LogP contribution in [0.2, 0.25) is 0 Å². The van der Waals surface area contributed by atoms with Gasteiger partial charge in [-0.1, -0.05) is 0 Å². The Morgan fingerprint density at radius 1 is 1.21 bits per heavy atom. The number of rotatable bonds is 7. The summed E-state index contributed by atoms with van der Waals surface area (Å²) in [5.41, 5.74) is 0.124. The first-order chi connectivity index (χ1) is 11.7. The van der Waals surface area contributed by atoms with Crippen LogP contribution in [0.4, 0.5) is 0 Å². The second kappa shape index (κ2) is 7.19. The molecule has 0 bridgehead atoms. The quantitative estimate of drug-likeness (QED) is 0.711. The molecule has 0 radical (unpaired) electrons. The summed E-state index contributed by atoms with van der Waals surface area (Å²) >= 11 is 0. The summed E-state index contributed by atoms with van der Waals surface area (Å²) in [6.45, 7) is 8.00. The van der Waals surface area contributed by atoms with Gasteiger partial charge in [0.15, 0.2) is 0 Å². The van der Waals surface area contributed by atoms with Gasteiger partial charge in [-0.25, -0.2) is 0 Å². The average Bonchev–Trinajstić information content (AvgIpc) is 3.21. The van der Waals surface area contributed by atoms with Crippen molar-refractivity contribution in [1.82, 2.24) is 4.90 Å². The van der Waals surface area contributed by atoms with E-state index in [-0.39, 0.29) is 5.60 Å². The Morgan fingerprint density at radius 2 is 2.04 bits per heavy atom. The minimum Gasteiger partial charge on any atom is -0.465 e. The van der Waals surface area contributed by atoms with Crippen molar-refractivity contribution < 1.29 is 13.9 Å². The number of ether oxygens (including phenoxy) is 2. The molecule has 4 nitrogen and oxygen atoms in total. The van der Waals surface area contributed by atoms with Crippen LogP contribution in [0.1, 0.15) is 50.0 Å². The molecule has 1 unspecified atom stereocenters. The standard InChI is InChI=1S/C20H31NO3/c1-16-2-5-19(24-16)14-21-10-8-20(9-11-21)18(7-13-23-20)6-12-22-15-17-3-4-17/h2,5,17-18H,3-4,6-15H2,1H3. The third-order valence-electron chi connectivity index (χ3n) is 6.14. The van der Waals surface area contributed by atoms with E-state index in [1.807, 2.05) is 6.92 Å².